The molecule has 2 N–H and O–H groups in total. The van der Waals surface area contributed by atoms with Crippen LogP contribution in [0.15, 0.2) is 60.7 Å². The summed E-state index contributed by atoms with van der Waals surface area (Å²) in [5.74, 6) is 0.337. The van der Waals surface area contributed by atoms with Crippen LogP contribution in [0.1, 0.15) is 30.0 Å². The second-order valence-corrected chi connectivity index (χ2v) is 5.48. The van der Waals surface area contributed by atoms with Crippen LogP contribution in [0.3, 0.4) is 0 Å². The summed E-state index contributed by atoms with van der Waals surface area (Å²) in [6.07, 6.45) is 0. The number of rotatable bonds is 3. The van der Waals surface area contributed by atoms with Gasteiger partial charge in [-0.1, -0.05) is 67.6 Å². The van der Waals surface area contributed by atoms with E-state index in [1.807, 2.05) is 50.3 Å². The molecule has 0 aliphatic heterocycles. The lowest BCUT2D eigenvalue weighted by atomic mass is 9.89. The van der Waals surface area contributed by atoms with E-state index in [0.717, 1.165) is 0 Å². The minimum Gasteiger partial charge on any atom is -0.323 e. The Labute approximate surface area is 146 Å². The van der Waals surface area contributed by atoms with Crippen molar-refractivity contribution in [3.63, 3.8) is 0 Å². The average molecular weight is 398 g/mol. The Balaban J connectivity index is 0.000000715. The van der Waals surface area contributed by atoms with E-state index in [-0.39, 0.29) is 30.0 Å². The summed E-state index contributed by atoms with van der Waals surface area (Å²) in [5, 5.41) is 0. The van der Waals surface area contributed by atoms with Crippen LogP contribution >= 0.6 is 24.0 Å². The van der Waals surface area contributed by atoms with E-state index in [9.17, 15) is 0 Å². The van der Waals surface area contributed by atoms with Crippen molar-refractivity contribution in [2.24, 2.45) is 5.73 Å². The fourth-order valence-electron chi connectivity index (χ4n) is 1.93. The standard InChI is InChI=1S/C15H17N.C3H9N.HI/c1-12(13-8-4-2-5-9-13)15(16)14-10-6-3-7-11-14;1-4(2)3;/h2-12,15H,16H2,1H3;1-3H3;1H. The summed E-state index contributed by atoms with van der Waals surface area (Å²) in [4.78, 5) is 2.00. The van der Waals surface area contributed by atoms with E-state index in [0.29, 0.717) is 5.92 Å². The predicted molar refractivity (Wildman–Crippen MR) is 103 cm³/mol. The molecule has 2 atom stereocenters. The zero-order valence-corrected chi connectivity index (χ0v) is 15.7. The Bertz CT molecular complexity index is 425. The van der Waals surface area contributed by atoms with Crippen molar-refractivity contribution in [3.05, 3.63) is 71.8 Å². The number of hydrogen-bond donors (Lipinski definition) is 1. The van der Waals surface area contributed by atoms with E-state index >= 15 is 0 Å². The molecule has 0 aromatic heterocycles. The van der Waals surface area contributed by atoms with E-state index in [4.69, 9.17) is 5.73 Å². The molecule has 0 bridgehead atoms. The topological polar surface area (TPSA) is 29.3 Å². The summed E-state index contributed by atoms with van der Waals surface area (Å²) >= 11 is 0. The molecular weight excluding hydrogens is 371 g/mol. The molecule has 2 aromatic carbocycles. The van der Waals surface area contributed by atoms with Crippen LogP contribution < -0.4 is 5.73 Å². The van der Waals surface area contributed by atoms with Crippen molar-refractivity contribution in [2.75, 3.05) is 21.1 Å². The molecule has 0 fully saturated rings. The monoisotopic (exact) mass is 398 g/mol. The molecule has 0 radical (unpaired) electrons. The molecule has 0 saturated carbocycles. The highest BCUT2D eigenvalue weighted by molar-refractivity contribution is 14.0. The third kappa shape index (κ3) is 7.60. The van der Waals surface area contributed by atoms with Crippen molar-refractivity contribution in [1.29, 1.82) is 0 Å². The molecule has 0 heterocycles. The first kappa shape index (κ1) is 20.1. The number of halogens is 1. The van der Waals surface area contributed by atoms with Crippen molar-refractivity contribution in [2.45, 2.75) is 18.9 Å². The molecule has 0 amide bonds. The Kier molecular flexibility index (Phi) is 10.3. The second kappa shape index (κ2) is 10.8. The van der Waals surface area contributed by atoms with Gasteiger partial charge in [0.15, 0.2) is 0 Å². The maximum Gasteiger partial charge on any atom is 0.0361 e. The third-order valence-corrected chi connectivity index (χ3v) is 3.05. The van der Waals surface area contributed by atoms with Gasteiger partial charge in [0.05, 0.1) is 0 Å². The molecule has 2 unspecified atom stereocenters. The van der Waals surface area contributed by atoms with Gasteiger partial charge >= 0.3 is 0 Å². The van der Waals surface area contributed by atoms with Gasteiger partial charge in [-0.05, 0) is 32.3 Å². The largest absolute Gasteiger partial charge is 0.323 e. The molecule has 21 heavy (non-hydrogen) atoms. The highest BCUT2D eigenvalue weighted by Crippen LogP contribution is 2.27. The number of nitrogens with zero attached hydrogens (tertiary/aromatic N) is 1. The Morgan fingerprint density at radius 1 is 0.762 bits per heavy atom. The van der Waals surface area contributed by atoms with Gasteiger partial charge in [-0.15, -0.1) is 24.0 Å². The summed E-state index contributed by atoms with van der Waals surface area (Å²) in [6.45, 7) is 2.17. The molecule has 2 nitrogen and oxygen atoms in total. The van der Waals surface area contributed by atoms with E-state index in [1.54, 1.807) is 0 Å². The molecular formula is C18H27IN2. The van der Waals surface area contributed by atoms with Gasteiger partial charge in [0.1, 0.15) is 0 Å². The Hall–Kier alpha value is -0.910. The SMILES string of the molecule is CC(c1ccccc1)C(N)c1ccccc1.CN(C)C.I. The smallest absolute Gasteiger partial charge is 0.0361 e. The lowest BCUT2D eigenvalue weighted by Gasteiger charge is -2.20. The number of hydrogen-bond acceptors (Lipinski definition) is 2. The first-order valence-corrected chi connectivity index (χ1v) is 6.98. The Morgan fingerprint density at radius 2 is 1.10 bits per heavy atom. The van der Waals surface area contributed by atoms with Gasteiger partial charge in [0.25, 0.3) is 0 Å². The van der Waals surface area contributed by atoms with Crippen molar-refractivity contribution >= 4 is 24.0 Å². The quantitative estimate of drug-likeness (QED) is 0.782. The average Bonchev–Trinajstić information content (AvgIpc) is 2.47. The van der Waals surface area contributed by atoms with Gasteiger partial charge in [0.2, 0.25) is 0 Å². The molecule has 0 aliphatic rings. The van der Waals surface area contributed by atoms with E-state index in [1.165, 1.54) is 11.1 Å². The molecule has 0 saturated heterocycles. The highest BCUT2D eigenvalue weighted by Gasteiger charge is 2.15. The lowest BCUT2D eigenvalue weighted by Crippen LogP contribution is -2.17. The molecule has 2 rings (SSSR count). The van der Waals surface area contributed by atoms with Crippen molar-refractivity contribution < 1.29 is 0 Å². The zero-order valence-electron chi connectivity index (χ0n) is 13.4. The molecule has 116 valence electrons. The van der Waals surface area contributed by atoms with Gasteiger partial charge in [-0.25, -0.2) is 0 Å². The zero-order chi connectivity index (χ0) is 15.0. The second-order valence-electron chi connectivity index (χ2n) is 5.48. The summed E-state index contributed by atoms with van der Waals surface area (Å²) < 4.78 is 0. The fraction of sp³-hybridized carbons (Fsp3) is 0.333. The molecule has 2 aromatic rings. The summed E-state index contributed by atoms with van der Waals surface area (Å²) in [6, 6.07) is 20.7. The predicted octanol–water partition coefficient (Wildman–Crippen LogP) is 4.29. The van der Waals surface area contributed by atoms with E-state index < -0.39 is 0 Å². The normalized spacial score (nSPS) is 12.7. The summed E-state index contributed by atoms with van der Waals surface area (Å²) in [7, 11) is 6.00. The number of nitrogens with two attached hydrogens (primary N) is 1. The van der Waals surface area contributed by atoms with Crippen molar-refractivity contribution in [3.8, 4) is 0 Å². The van der Waals surface area contributed by atoms with Crippen LogP contribution in [0.25, 0.3) is 0 Å². The Morgan fingerprint density at radius 3 is 1.48 bits per heavy atom. The number of benzene rings is 2. The van der Waals surface area contributed by atoms with Gasteiger partial charge in [-0.3, -0.25) is 0 Å². The van der Waals surface area contributed by atoms with Crippen LogP contribution in [-0.4, -0.2) is 26.0 Å². The van der Waals surface area contributed by atoms with Gasteiger partial charge in [0, 0.05) is 12.0 Å². The summed E-state index contributed by atoms with van der Waals surface area (Å²) in [5.41, 5.74) is 8.75. The van der Waals surface area contributed by atoms with Crippen LogP contribution in [0.4, 0.5) is 0 Å². The van der Waals surface area contributed by atoms with E-state index in [2.05, 4.69) is 43.3 Å². The first-order chi connectivity index (χ1) is 9.52. The highest BCUT2D eigenvalue weighted by atomic mass is 127. The minimum absolute atomic E-state index is 0. The lowest BCUT2D eigenvalue weighted by molar-refractivity contribution is 0.505. The van der Waals surface area contributed by atoms with Gasteiger partial charge < -0.3 is 10.6 Å². The molecule has 0 aliphatic carbocycles. The van der Waals surface area contributed by atoms with Crippen molar-refractivity contribution in [1.82, 2.24) is 4.90 Å². The first-order valence-electron chi connectivity index (χ1n) is 6.98. The third-order valence-electron chi connectivity index (χ3n) is 3.05. The minimum atomic E-state index is 0. The molecule has 3 heteroatoms. The van der Waals surface area contributed by atoms with Crippen LogP contribution in [0.5, 0.6) is 0 Å². The fourth-order valence-corrected chi connectivity index (χ4v) is 1.93. The van der Waals surface area contributed by atoms with Crippen LogP contribution in [0.2, 0.25) is 0 Å². The maximum absolute atomic E-state index is 6.27. The van der Waals surface area contributed by atoms with Crippen LogP contribution in [0, 0.1) is 0 Å². The maximum atomic E-state index is 6.27. The van der Waals surface area contributed by atoms with Crippen LogP contribution in [-0.2, 0) is 0 Å². The molecule has 0 spiro atoms. The van der Waals surface area contributed by atoms with Gasteiger partial charge in [-0.2, -0.15) is 0 Å².